The molecule has 0 unspecified atom stereocenters. The molecule has 0 saturated carbocycles. The molecule has 1 aliphatic heterocycles. The van der Waals surface area contributed by atoms with E-state index in [1.165, 1.54) is 6.07 Å². The zero-order valence-corrected chi connectivity index (χ0v) is 14.7. The van der Waals surface area contributed by atoms with Crippen LogP contribution in [-0.2, 0) is 4.79 Å². The van der Waals surface area contributed by atoms with Crippen LogP contribution in [0.3, 0.4) is 0 Å². The zero-order valence-electron chi connectivity index (χ0n) is 12.3. The summed E-state index contributed by atoms with van der Waals surface area (Å²) in [6.45, 7) is -0.0844. The van der Waals surface area contributed by atoms with Crippen molar-refractivity contribution < 1.29 is 14.0 Å². The lowest BCUT2D eigenvalue weighted by atomic mass is 10.2. The summed E-state index contributed by atoms with van der Waals surface area (Å²) in [5.41, 5.74) is 1.05. The summed E-state index contributed by atoms with van der Waals surface area (Å²) in [5, 5.41) is 2.38. The summed E-state index contributed by atoms with van der Waals surface area (Å²) in [7, 11) is 0. The Morgan fingerprint density at radius 3 is 2.58 bits per heavy atom. The molecule has 1 N–H and O–H groups in total. The van der Waals surface area contributed by atoms with Crippen molar-refractivity contribution in [3.8, 4) is 0 Å². The number of carbonyl (C=O) groups excluding carboxylic acids is 2. The molecule has 3 rings (SSSR count). The second-order valence-electron chi connectivity index (χ2n) is 4.95. The molecule has 0 bridgehead atoms. The zero-order chi connectivity index (χ0) is 17.1. The molecule has 0 aromatic heterocycles. The SMILES string of the molecule is O=C1S/C(=C/c2ccccc2Br)C(=O)N1CNc1ccccc1F. The van der Waals surface area contributed by atoms with Gasteiger partial charge in [-0.1, -0.05) is 46.3 Å². The normalized spacial score (nSPS) is 16.1. The molecule has 1 heterocycles. The van der Waals surface area contributed by atoms with E-state index in [1.807, 2.05) is 24.3 Å². The molecule has 1 aliphatic rings. The number of nitrogens with zero attached hydrogens (tertiary/aromatic N) is 1. The molecule has 122 valence electrons. The van der Waals surface area contributed by atoms with Gasteiger partial charge in [0.1, 0.15) is 5.82 Å². The predicted octanol–water partition coefficient (Wildman–Crippen LogP) is 4.69. The summed E-state index contributed by atoms with van der Waals surface area (Å²) in [5.74, 6) is -0.835. The van der Waals surface area contributed by atoms with Gasteiger partial charge in [-0.15, -0.1) is 0 Å². The molecule has 0 radical (unpaired) electrons. The molecule has 2 amide bonds. The number of halogens is 2. The van der Waals surface area contributed by atoms with Gasteiger partial charge in [0, 0.05) is 4.47 Å². The van der Waals surface area contributed by atoms with Gasteiger partial charge in [0.25, 0.3) is 11.1 Å². The number of amides is 2. The lowest BCUT2D eigenvalue weighted by molar-refractivity contribution is -0.122. The van der Waals surface area contributed by atoms with Crippen molar-refractivity contribution in [2.45, 2.75) is 0 Å². The van der Waals surface area contributed by atoms with Crippen LogP contribution in [-0.4, -0.2) is 22.7 Å². The van der Waals surface area contributed by atoms with Crippen molar-refractivity contribution in [2.24, 2.45) is 0 Å². The Morgan fingerprint density at radius 1 is 1.12 bits per heavy atom. The Labute approximate surface area is 150 Å². The molecule has 24 heavy (non-hydrogen) atoms. The number of thioether (sulfide) groups is 1. The number of carbonyl (C=O) groups is 2. The van der Waals surface area contributed by atoms with E-state index in [9.17, 15) is 14.0 Å². The van der Waals surface area contributed by atoms with Gasteiger partial charge in [-0.25, -0.2) is 4.39 Å². The van der Waals surface area contributed by atoms with E-state index >= 15 is 0 Å². The first kappa shape index (κ1) is 16.7. The first-order valence-corrected chi connectivity index (χ1v) is 8.65. The first-order chi connectivity index (χ1) is 11.6. The minimum Gasteiger partial charge on any atom is -0.365 e. The van der Waals surface area contributed by atoms with E-state index < -0.39 is 11.7 Å². The Bertz CT molecular complexity index is 841. The summed E-state index contributed by atoms with van der Waals surface area (Å²) in [6.07, 6.45) is 1.66. The van der Waals surface area contributed by atoms with Crippen molar-refractivity contribution in [3.63, 3.8) is 0 Å². The molecular formula is C17H12BrFN2O2S. The highest BCUT2D eigenvalue weighted by Crippen LogP contribution is 2.33. The Morgan fingerprint density at radius 2 is 1.83 bits per heavy atom. The van der Waals surface area contributed by atoms with E-state index in [4.69, 9.17) is 0 Å². The lowest BCUT2D eigenvalue weighted by Crippen LogP contribution is -2.33. The highest BCUT2D eigenvalue weighted by Gasteiger charge is 2.35. The lowest BCUT2D eigenvalue weighted by Gasteiger charge is -2.14. The molecule has 4 nitrogen and oxygen atoms in total. The maximum Gasteiger partial charge on any atom is 0.295 e. The maximum atomic E-state index is 13.6. The molecular weight excluding hydrogens is 395 g/mol. The minimum absolute atomic E-state index is 0.0844. The number of anilines is 1. The number of benzene rings is 2. The summed E-state index contributed by atoms with van der Waals surface area (Å²) in [6, 6.07) is 13.5. The molecule has 1 saturated heterocycles. The number of para-hydroxylation sites is 1. The van der Waals surface area contributed by atoms with E-state index in [0.717, 1.165) is 26.7 Å². The minimum atomic E-state index is -0.437. The van der Waals surface area contributed by atoms with E-state index in [-0.39, 0.29) is 17.6 Å². The third-order valence-electron chi connectivity index (χ3n) is 3.37. The molecule has 2 aromatic carbocycles. The average Bonchev–Trinajstić information content (AvgIpc) is 2.83. The van der Waals surface area contributed by atoms with Gasteiger partial charge in [0.15, 0.2) is 0 Å². The van der Waals surface area contributed by atoms with Gasteiger partial charge < -0.3 is 5.32 Å². The molecule has 7 heteroatoms. The van der Waals surface area contributed by atoms with E-state index in [2.05, 4.69) is 21.2 Å². The van der Waals surface area contributed by atoms with Crippen molar-refractivity contribution in [1.29, 1.82) is 0 Å². The number of imide groups is 1. The Hall–Kier alpha value is -2.12. The van der Waals surface area contributed by atoms with Crippen LogP contribution in [0, 0.1) is 5.82 Å². The average molecular weight is 407 g/mol. The molecule has 1 fully saturated rings. The van der Waals surface area contributed by atoms with Gasteiger partial charge in [-0.2, -0.15) is 0 Å². The second kappa shape index (κ2) is 7.19. The maximum absolute atomic E-state index is 13.6. The number of hydrogen-bond acceptors (Lipinski definition) is 4. The Balaban J connectivity index is 1.75. The number of nitrogens with one attached hydrogen (secondary N) is 1. The largest absolute Gasteiger partial charge is 0.365 e. The van der Waals surface area contributed by atoms with Gasteiger partial charge in [-0.05, 0) is 41.6 Å². The number of hydrogen-bond donors (Lipinski definition) is 1. The quantitative estimate of drug-likeness (QED) is 0.747. The van der Waals surface area contributed by atoms with Gasteiger partial charge in [0.05, 0.1) is 17.3 Å². The molecule has 0 spiro atoms. The van der Waals surface area contributed by atoms with E-state index in [1.54, 1.807) is 24.3 Å². The number of rotatable bonds is 4. The third-order valence-corrected chi connectivity index (χ3v) is 5.00. The first-order valence-electron chi connectivity index (χ1n) is 7.04. The van der Waals surface area contributed by atoms with Crippen LogP contribution in [0.4, 0.5) is 14.9 Å². The summed E-state index contributed by atoms with van der Waals surface area (Å²) in [4.78, 5) is 25.9. The van der Waals surface area contributed by atoms with Crippen LogP contribution >= 0.6 is 27.7 Å². The molecule has 0 atom stereocenters. The van der Waals surface area contributed by atoms with Crippen molar-refractivity contribution in [1.82, 2.24) is 4.90 Å². The van der Waals surface area contributed by atoms with Crippen molar-refractivity contribution in [2.75, 3.05) is 12.0 Å². The third kappa shape index (κ3) is 3.52. The summed E-state index contributed by atoms with van der Waals surface area (Å²) >= 11 is 4.27. The van der Waals surface area contributed by atoms with Crippen LogP contribution in [0.15, 0.2) is 57.9 Å². The monoisotopic (exact) mass is 406 g/mol. The highest BCUT2D eigenvalue weighted by molar-refractivity contribution is 9.10. The standard InChI is InChI=1S/C17H12BrFN2O2S/c18-12-6-2-1-5-11(12)9-15-16(22)21(17(23)24-15)10-20-14-8-4-3-7-13(14)19/h1-9,20H,10H2/b15-9+. The van der Waals surface area contributed by atoms with Gasteiger partial charge in [0.2, 0.25) is 0 Å². The van der Waals surface area contributed by atoms with Crippen molar-refractivity contribution >= 4 is 50.6 Å². The van der Waals surface area contributed by atoms with Crippen LogP contribution in [0.1, 0.15) is 5.56 Å². The smallest absolute Gasteiger partial charge is 0.295 e. The molecule has 2 aromatic rings. The molecule has 0 aliphatic carbocycles. The van der Waals surface area contributed by atoms with E-state index in [0.29, 0.717) is 4.91 Å². The topological polar surface area (TPSA) is 49.4 Å². The fourth-order valence-electron chi connectivity index (χ4n) is 2.14. The predicted molar refractivity (Wildman–Crippen MR) is 96.8 cm³/mol. The van der Waals surface area contributed by atoms with Gasteiger partial charge in [-0.3, -0.25) is 14.5 Å². The Kier molecular flexibility index (Phi) is 5.01. The van der Waals surface area contributed by atoms with Crippen LogP contribution < -0.4 is 5.32 Å². The van der Waals surface area contributed by atoms with Crippen LogP contribution in [0.2, 0.25) is 0 Å². The fraction of sp³-hybridized carbons (Fsp3) is 0.0588. The second-order valence-corrected chi connectivity index (χ2v) is 6.79. The van der Waals surface area contributed by atoms with Gasteiger partial charge >= 0.3 is 0 Å². The van der Waals surface area contributed by atoms with Crippen molar-refractivity contribution in [3.05, 3.63) is 69.3 Å². The van der Waals surface area contributed by atoms with Crippen LogP contribution in [0.5, 0.6) is 0 Å². The summed E-state index contributed by atoms with van der Waals surface area (Å²) < 4.78 is 14.4. The highest BCUT2D eigenvalue weighted by atomic mass is 79.9. The van der Waals surface area contributed by atoms with Crippen LogP contribution in [0.25, 0.3) is 6.08 Å². The fourth-order valence-corrected chi connectivity index (χ4v) is 3.37.